The Morgan fingerprint density at radius 1 is 1.10 bits per heavy atom. The summed E-state index contributed by atoms with van der Waals surface area (Å²) >= 11 is 0. The molecule has 0 unspecified atom stereocenters. The van der Waals surface area contributed by atoms with Crippen molar-refractivity contribution in [2.75, 3.05) is 5.32 Å². The maximum atomic E-state index is 11.4. The minimum atomic E-state index is 0. The van der Waals surface area contributed by atoms with Gasteiger partial charge in [-0.15, -0.1) is 0 Å². The topological polar surface area (TPSA) is 29.1 Å². The van der Waals surface area contributed by atoms with Crippen LogP contribution in [0.15, 0.2) is 24.3 Å². The zero-order valence-electron chi connectivity index (χ0n) is 14.7. The third-order valence-corrected chi connectivity index (χ3v) is 3.29. The monoisotopic (exact) mass is 293 g/mol. The number of carbonyl (C=O) groups excluding carboxylic acids is 1. The van der Waals surface area contributed by atoms with Crippen molar-refractivity contribution in [2.24, 2.45) is 11.8 Å². The molecule has 21 heavy (non-hydrogen) atoms. The number of benzene rings is 1. The highest BCUT2D eigenvalue weighted by molar-refractivity contribution is 5.91. The van der Waals surface area contributed by atoms with Crippen LogP contribution in [0.5, 0.6) is 0 Å². The van der Waals surface area contributed by atoms with E-state index in [4.69, 9.17) is 0 Å². The van der Waals surface area contributed by atoms with E-state index in [0.717, 1.165) is 18.0 Å². The Bertz CT molecular complexity index is 385. The van der Waals surface area contributed by atoms with E-state index in [1.807, 2.05) is 38.1 Å². The molecule has 1 rings (SSSR count). The molecule has 0 fully saturated rings. The number of carbonyl (C=O) groups is 1. The molecule has 0 saturated heterocycles. The maximum absolute atomic E-state index is 11.4. The number of aryl methyl sites for hydroxylation is 1. The Morgan fingerprint density at radius 2 is 1.67 bits per heavy atom. The first kappa shape index (κ1) is 19.7. The molecule has 1 aromatic carbocycles. The predicted octanol–water partition coefficient (Wildman–Crippen LogP) is 5.92. The molecule has 1 N–H and O–H groups in total. The number of amides is 1. The average Bonchev–Trinajstić information content (AvgIpc) is 2.46. The highest BCUT2D eigenvalue weighted by Gasteiger charge is 2.06. The molecule has 1 amide bonds. The molecule has 2 heteroatoms. The molecule has 0 aliphatic rings. The zero-order chi connectivity index (χ0) is 16.3. The summed E-state index contributed by atoms with van der Waals surface area (Å²) < 4.78 is 0. The van der Waals surface area contributed by atoms with Crippen LogP contribution in [-0.4, -0.2) is 5.91 Å². The fraction of sp³-hybridized carbons (Fsp3) is 0.632. The Morgan fingerprint density at radius 3 is 2.00 bits per heavy atom. The Labute approximate surface area is 132 Å². The Hall–Kier alpha value is -1.31. The van der Waals surface area contributed by atoms with Gasteiger partial charge in [-0.3, -0.25) is 4.79 Å². The van der Waals surface area contributed by atoms with E-state index in [-0.39, 0.29) is 13.3 Å². The second-order valence-electron chi connectivity index (χ2n) is 6.23. The standard InChI is InChI=1S/C12H17NO.C7H16.H2/c1-4-10-5-7-11(8-6-10)13-12(14)9(2)3;1-4-5-6-7(2)3;/h5-9H,4H2,1-3H3,(H,13,14);7H,4-6H2,1-3H3;1H. The van der Waals surface area contributed by atoms with Crippen molar-refractivity contribution in [3.63, 3.8) is 0 Å². The molecule has 0 aliphatic heterocycles. The van der Waals surface area contributed by atoms with Gasteiger partial charge in [0, 0.05) is 13.0 Å². The first-order valence-electron chi connectivity index (χ1n) is 8.30. The van der Waals surface area contributed by atoms with Crippen LogP contribution in [0.3, 0.4) is 0 Å². The SMILES string of the molecule is CCCCC(C)C.CCc1ccc(NC(=O)C(C)C)cc1.[HH]. The van der Waals surface area contributed by atoms with Crippen molar-refractivity contribution in [1.82, 2.24) is 0 Å². The number of anilines is 1. The van der Waals surface area contributed by atoms with Crippen molar-refractivity contribution >= 4 is 11.6 Å². The lowest BCUT2D eigenvalue weighted by molar-refractivity contribution is -0.118. The highest BCUT2D eigenvalue weighted by atomic mass is 16.1. The molecule has 0 aromatic heterocycles. The predicted molar refractivity (Wildman–Crippen MR) is 95.8 cm³/mol. The number of rotatable bonds is 6. The van der Waals surface area contributed by atoms with Gasteiger partial charge in [0.2, 0.25) is 5.91 Å². The molecular weight excluding hydrogens is 258 g/mol. The number of unbranched alkanes of at least 4 members (excludes halogenated alkanes) is 1. The molecule has 122 valence electrons. The number of hydrogen-bond acceptors (Lipinski definition) is 1. The van der Waals surface area contributed by atoms with Crippen molar-refractivity contribution < 1.29 is 6.22 Å². The molecule has 0 heterocycles. The van der Waals surface area contributed by atoms with E-state index < -0.39 is 0 Å². The van der Waals surface area contributed by atoms with Crippen LogP contribution in [0, 0.1) is 11.8 Å². The molecule has 0 atom stereocenters. The smallest absolute Gasteiger partial charge is 0.226 e. The van der Waals surface area contributed by atoms with Gasteiger partial charge >= 0.3 is 0 Å². The van der Waals surface area contributed by atoms with Gasteiger partial charge in [0.25, 0.3) is 0 Å². The van der Waals surface area contributed by atoms with Crippen LogP contribution in [0.25, 0.3) is 0 Å². The first-order chi connectivity index (χ1) is 9.90. The summed E-state index contributed by atoms with van der Waals surface area (Å²) in [6, 6.07) is 7.96. The van der Waals surface area contributed by atoms with E-state index in [1.165, 1.54) is 24.8 Å². The summed E-state index contributed by atoms with van der Waals surface area (Å²) in [5.74, 6) is 0.995. The summed E-state index contributed by atoms with van der Waals surface area (Å²) in [7, 11) is 0. The Kier molecular flexibility index (Phi) is 10.7. The Balaban J connectivity index is 0. The van der Waals surface area contributed by atoms with Gasteiger partial charge in [-0.05, 0) is 30.0 Å². The van der Waals surface area contributed by atoms with E-state index in [0.29, 0.717) is 0 Å². The van der Waals surface area contributed by atoms with E-state index in [2.05, 4.69) is 33.0 Å². The number of hydrogen-bond donors (Lipinski definition) is 1. The van der Waals surface area contributed by atoms with Gasteiger partial charge in [0.05, 0.1) is 0 Å². The quantitative estimate of drug-likeness (QED) is 0.692. The van der Waals surface area contributed by atoms with Crippen molar-refractivity contribution in [3.05, 3.63) is 29.8 Å². The van der Waals surface area contributed by atoms with E-state index >= 15 is 0 Å². The third-order valence-electron chi connectivity index (χ3n) is 3.29. The second-order valence-corrected chi connectivity index (χ2v) is 6.23. The third kappa shape index (κ3) is 10.1. The first-order valence-corrected chi connectivity index (χ1v) is 8.30. The van der Waals surface area contributed by atoms with Crippen LogP contribution >= 0.6 is 0 Å². The number of nitrogens with one attached hydrogen (secondary N) is 1. The zero-order valence-corrected chi connectivity index (χ0v) is 14.7. The summed E-state index contributed by atoms with van der Waals surface area (Å²) in [6.07, 6.45) is 5.17. The van der Waals surface area contributed by atoms with Gasteiger partial charge < -0.3 is 5.32 Å². The lowest BCUT2D eigenvalue weighted by Gasteiger charge is -2.07. The lowest BCUT2D eigenvalue weighted by atomic mass is 10.1. The molecule has 0 saturated carbocycles. The van der Waals surface area contributed by atoms with E-state index in [1.54, 1.807) is 0 Å². The van der Waals surface area contributed by atoms with E-state index in [9.17, 15) is 4.79 Å². The molecule has 0 spiro atoms. The molecular formula is C19H35NO. The maximum Gasteiger partial charge on any atom is 0.226 e. The van der Waals surface area contributed by atoms with Gasteiger partial charge in [-0.2, -0.15) is 0 Å². The largest absolute Gasteiger partial charge is 0.326 e. The molecule has 0 aliphatic carbocycles. The van der Waals surface area contributed by atoms with Crippen LogP contribution in [0.2, 0.25) is 0 Å². The van der Waals surface area contributed by atoms with Gasteiger partial charge in [-0.25, -0.2) is 0 Å². The van der Waals surface area contributed by atoms with Gasteiger partial charge in [0.15, 0.2) is 0 Å². The molecule has 2 nitrogen and oxygen atoms in total. The van der Waals surface area contributed by atoms with Crippen LogP contribution < -0.4 is 5.32 Å². The summed E-state index contributed by atoms with van der Waals surface area (Å²) in [5.41, 5.74) is 2.16. The summed E-state index contributed by atoms with van der Waals surface area (Å²) in [6.45, 7) is 12.7. The van der Waals surface area contributed by atoms with Gasteiger partial charge in [-0.1, -0.05) is 72.9 Å². The summed E-state index contributed by atoms with van der Waals surface area (Å²) in [4.78, 5) is 11.4. The lowest BCUT2D eigenvalue weighted by Crippen LogP contribution is -2.17. The minimum absolute atomic E-state index is 0. The van der Waals surface area contributed by atoms with Crippen molar-refractivity contribution in [1.29, 1.82) is 0 Å². The average molecular weight is 293 g/mol. The highest BCUT2D eigenvalue weighted by Crippen LogP contribution is 2.11. The minimum Gasteiger partial charge on any atom is -0.326 e. The van der Waals surface area contributed by atoms with Crippen LogP contribution in [0.4, 0.5) is 5.69 Å². The molecule has 0 bridgehead atoms. The fourth-order valence-corrected chi connectivity index (χ4v) is 1.72. The normalized spacial score (nSPS) is 10.3. The van der Waals surface area contributed by atoms with Crippen molar-refractivity contribution in [3.8, 4) is 0 Å². The van der Waals surface area contributed by atoms with Crippen LogP contribution in [-0.2, 0) is 11.2 Å². The van der Waals surface area contributed by atoms with Gasteiger partial charge in [0.1, 0.15) is 0 Å². The molecule has 1 aromatic rings. The molecule has 0 radical (unpaired) electrons. The van der Waals surface area contributed by atoms with Crippen molar-refractivity contribution in [2.45, 2.75) is 67.2 Å². The fourth-order valence-electron chi connectivity index (χ4n) is 1.72. The van der Waals surface area contributed by atoms with Crippen LogP contribution in [0.1, 0.15) is 67.8 Å². The summed E-state index contributed by atoms with van der Waals surface area (Å²) in [5, 5.41) is 2.85. The second kappa shape index (κ2) is 11.4.